The van der Waals surface area contributed by atoms with E-state index in [0.717, 1.165) is 21.9 Å². The number of rotatable bonds is 1. The number of nitrogens with two attached hydrogens (primary N) is 1. The van der Waals surface area contributed by atoms with Gasteiger partial charge in [0, 0.05) is 10.9 Å². The Morgan fingerprint density at radius 3 is 2.28 bits per heavy atom. The SMILES string of the molecule is Nc1c(O)c(-c2ccccc2)cc2ccccc12. The second kappa shape index (κ2) is 4.08. The number of benzene rings is 3. The first-order valence-corrected chi connectivity index (χ1v) is 5.83. The lowest BCUT2D eigenvalue weighted by Crippen LogP contribution is -1.90. The van der Waals surface area contributed by atoms with Crippen LogP contribution in [0.4, 0.5) is 5.69 Å². The van der Waals surface area contributed by atoms with Crippen LogP contribution >= 0.6 is 0 Å². The number of phenols is 1. The maximum absolute atomic E-state index is 10.2. The van der Waals surface area contributed by atoms with Crippen molar-refractivity contribution in [1.29, 1.82) is 0 Å². The number of nitrogen functional groups attached to an aromatic ring is 1. The minimum Gasteiger partial charge on any atom is -0.505 e. The van der Waals surface area contributed by atoms with Crippen molar-refractivity contribution in [2.75, 3.05) is 5.73 Å². The molecule has 2 heteroatoms. The molecule has 88 valence electrons. The summed E-state index contributed by atoms with van der Waals surface area (Å²) in [6.45, 7) is 0. The lowest BCUT2D eigenvalue weighted by molar-refractivity contribution is 0.480. The van der Waals surface area contributed by atoms with Gasteiger partial charge in [0.25, 0.3) is 0 Å². The van der Waals surface area contributed by atoms with Gasteiger partial charge in [0.2, 0.25) is 0 Å². The molecule has 0 amide bonds. The van der Waals surface area contributed by atoms with Crippen LogP contribution in [0.2, 0.25) is 0 Å². The van der Waals surface area contributed by atoms with E-state index < -0.39 is 0 Å². The van der Waals surface area contributed by atoms with Gasteiger partial charge in [-0.2, -0.15) is 0 Å². The van der Waals surface area contributed by atoms with Gasteiger partial charge in [-0.3, -0.25) is 0 Å². The largest absolute Gasteiger partial charge is 0.505 e. The van der Waals surface area contributed by atoms with Crippen molar-refractivity contribution >= 4 is 16.5 Å². The van der Waals surface area contributed by atoms with E-state index in [1.807, 2.05) is 60.7 Å². The van der Waals surface area contributed by atoms with E-state index in [1.54, 1.807) is 0 Å². The van der Waals surface area contributed by atoms with E-state index in [9.17, 15) is 5.11 Å². The Bertz CT molecular complexity index is 705. The van der Waals surface area contributed by atoms with Crippen molar-refractivity contribution in [3.8, 4) is 16.9 Å². The monoisotopic (exact) mass is 235 g/mol. The van der Waals surface area contributed by atoms with Gasteiger partial charge in [-0.15, -0.1) is 0 Å². The Kier molecular flexibility index (Phi) is 2.41. The van der Waals surface area contributed by atoms with Gasteiger partial charge in [-0.25, -0.2) is 0 Å². The zero-order valence-corrected chi connectivity index (χ0v) is 9.80. The van der Waals surface area contributed by atoms with E-state index in [-0.39, 0.29) is 5.75 Å². The highest BCUT2D eigenvalue weighted by Gasteiger charge is 2.10. The molecule has 0 aliphatic heterocycles. The van der Waals surface area contributed by atoms with Crippen LogP contribution < -0.4 is 5.73 Å². The summed E-state index contributed by atoms with van der Waals surface area (Å²) in [6, 6.07) is 19.5. The number of anilines is 1. The van der Waals surface area contributed by atoms with Crippen LogP contribution in [0.15, 0.2) is 60.7 Å². The molecule has 0 heterocycles. The summed E-state index contributed by atoms with van der Waals surface area (Å²) in [6.07, 6.45) is 0. The van der Waals surface area contributed by atoms with Crippen LogP contribution in [-0.4, -0.2) is 5.11 Å². The zero-order chi connectivity index (χ0) is 12.5. The number of phenolic OH excluding ortho intramolecular Hbond substituents is 1. The second-order valence-electron chi connectivity index (χ2n) is 4.27. The fourth-order valence-electron chi connectivity index (χ4n) is 2.20. The quantitative estimate of drug-likeness (QED) is 0.498. The van der Waals surface area contributed by atoms with E-state index in [4.69, 9.17) is 5.73 Å². The topological polar surface area (TPSA) is 46.2 Å². The summed E-state index contributed by atoms with van der Waals surface area (Å²) < 4.78 is 0. The van der Waals surface area contributed by atoms with Crippen LogP contribution in [0.1, 0.15) is 0 Å². The average Bonchev–Trinajstić information content (AvgIpc) is 2.44. The first-order valence-electron chi connectivity index (χ1n) is 5.83. The van der Waals surface area contributed by atoms with Crippen LogP contribution in [0.5, 0.6) is 5.75 Å². The normalized spacial score (nSPS) is 10.7. The zero-order valence-electron chi connectivity index (χ0n) is 9.80. The summed E-state index contributed by atoms with van der Waals surface area (Å²) in [7, 11) is 0. The summed E-state index contributed by atoms with van der Waals surface area (Å²) in [5.74, 6) is 0.153. The lowest BCUT2D eigenvalue weighted by atomic mass is 9.98. The van der Waals surface area contributed by atoms with Gasteiger partial charge in [-0.1, -0.05) is 54.6 Å². The molecule has 2 nitrogen and oxygen atoms in total. The Morgan fingerprint density at radius 1 is 0.833 bits per heavy atom. The molecule has 3 aromatic carbocycles. The van der Waals surface area contributed by atoms with Gasteiger partial charge in [-0.05, 0) is 17.0 Å². The lowest BCUT2D eigenvalue weighted by Gasteiger charge is -2.10. The molecule has 3 rings (SSSR count). The fraction of sp³-hybridized carbons (Fsp3) is 0. The molecule has 0 unspecified atom stereocenters. The molecule has 0 radical (unpaired) electrons. The van der Waals surface area contributed by atoms with Crippen LogP contribution in [-0.2, 0) is 0 Å². The van der Waals surface area contributed by atoms with Crippen LogP contribution in [0.25, 0.3) is 21.9 Å². The van der Waals surface area contributed by atoms with Gasteiger partial charge in [0.05, 0.1) is 5.69 Å². The molecule has 0 aliphatic carbocycles. The van der Waals surface area contributed by atoms with Crippen molar-refractivity contribution in [1.82, 2.24) is 0 Å². The molecule has 0 spiro atoms. The van der Waals surface area contributed by atoms with Crippen LogP contribution in [0, 0.1) is 0 Å². The molecule has 3 N–H and O–H groups in total. The Morgan fingerprint density at radius 2 is 1.50 bits per heavy atom. The number of hydrogen-bond acceptors (Lipinski definition) is 2. The molecular formula is C16H13NO. The van der Waals surface area contributed by atoms with Crippen molar-refractivity contribution < 1.29 is 5.11 Å². The summed E-state index contributed by atoms with van der Waals surface area (Å²) in [4.78, 5) is 0. The summed E-state index contributed by atoms with van der Waals surface area (Å²) >= 11 is 0. The maximum Gasteiger partial charge on any atom is 0.146 e. The predicted octanol–water partition coefficient (Wildman–Crippen LogP) is 3.79. The van der Waals surface area contributed by atoms with E-state index >= 15 is 0 Å². The first-order chi connectivity index (χ1) is 8.77. The van der Waals surface area contributed by atoms with Gasteiger partial charge >= 0.3 is 0 Å². The molecule has 0 aromatic heterocycles. The summed E-state index contributed by atoms with van der Waals surface area (Å²) in [5.41, 5.74) is 8.18. The Hall–Kier alpha value is -2.48. The predicted molar refractivity (Wildman–Crippen MR) is 75.5 cm³/mol. The highest BCUT2D eigenvalue weighted by molar-refractivity contribution is 6.01. The molecule has 0 aliphatic rings. The van der Waals surface area contributed by atoms with Crippen molar-refractivity contribution in [2.24, 2.45) is 0 Å². The second-order valence-corrected chi connectivity index (χ2v) is 4.27. The van der Waals surface area contributed by atoms with Crippen molar-refractivity contribution in [3.05, 3.63) is 60.7 Å². The molecule has 0 saturated carbocycles. The Labute approximate surface area is 105 Å². The molecule has 3 aromatic rings. The minimum absolute atomic E-state index is 0.153. The Balaban J connectivity index is 2.34. The van der Waals surface area contributed by atoms with Gasteiger partial charge < -0.3 is 10.8 Å². The highest BCUT2D eigenvalue weighted by atomic mass is 16.3. The van der Waals surface area contributed by atoms with Crippen molar-refractivity contribution in [2.45, 2.75) is 0 Å². The maximum atomic E-state index is 10.2. The fourth-order valence-corrected chi connectivity index (χ4v) is 2.20. The molecule has 18 heavy (non-hydrogen) atoms. The summed E-state index contributed by atoms with van der Waals surface area (Å²) in [5, 5.41) is 12.1. The van der Waals surface area contributed by atoms with E-state index in [1.165, 1.54) is 0 Å². The highest BCUT2D eigenvalue weighted by Crippen LogP contribution is 2.39. The third-order valence-corrected chi connectivity index (χ3v) is 3.15. The number of hydrogen-bond donors (Lipinski definition) is 2. The average molecular weight is 235 g/mol. The molecule has 0 fully saturated rings. The first kappa shape index (κ1) is 10.7. The third kappa shape index (κ3) is 1.59. The third-order valence-electron chi connectivity index (χ3n) is 3.15. The molecular weight excluding hydrogens is 222 g/mol. The van der Waals surface area contributed by atoms with E-state index in [0.29, 0.717) is 5.69 Å². The van der Waals surface area contributed by atoms with Gasteiger partial charge in [0.1, 0.15) is 5.75 Å². The van der Waals surface area contributed by atoms with Gasteiger partial charge in [0.15, 0.2) is 0 Å². The molecule has 0 bridgehead atoms. The molecule has 0 saturated heterocycles. The minimum atomic E-state index is 0.153. The molecule has 0 atom stereocenters. The smallest absolute Gasteiger partial charge is 0.146 e. The van der Waals surface area contributed by atoms with Crippen LogP contribution in [0.3, 0.4) is 0 Å². The standard InChI is InChI=1S/C16H13NO/c17-15-13-9-5-4-8-12(13)10-14(16(15)18)11-6-2-1-3-7-11/h1-10,18H,17H2. The van der Waals surface area contributed by atoms with Crippen molar-refractivity contribution in [3.63, 3.8) is 0 Å². The number of fused-ring (bicyclic) bond motifs is 1. The van der Waals surface area contributed by atoms with E-state index in [2.05, 4.69) is 0 Å². The number of aromatic hydroxyl groups is 1.